The van der Waals surface area contributed by atoms with Crippen molar-refractivity contribution in [3.05, 3.63) is 69.8 Å². The molecular formula is C18H14N4O3S. The Morgan fingerprint density at radius 3 is 2.69 bits per heavy atom. The van der Waals surface area contributed by atoms with Crippen molar-refractivity contribution < 1.29 is 9.90 Å². The Hall–Kier alpha value is -3.26. The Labute approximate surface area is 151 Å². The minimum atomic E-state index is -1.22. The average Bonchev–Trinajstić information content (AvgIpc) is 3.27. The number of aromatic nitrogens is 4. The van der Waals surface area contributed by atoms with E-state index < -0.39 is 11.4 Å². The summed E-state index contributed by atoms with van der Waals surface area (Å²) >= 11 is 1.25. The maximum absolute atomic E-state index is 12.2. The van der Waals surface area contributed by atoms with E-state index in [4.69, 9.17) is 0 Å². The predicted octanol–water partition coefficient (Wildman–Crippen LogP) is 2.61. The van der Waals surface area contributed by atoms with Gasteiger partial charge in [-0.25, -0.2) is 4.79 Å². The molecule has 4 heterocycles. The van der Waals surface area contributed by atoms with Gasteiger partial charge in [-0.3, -0.25) is 14.5 Å². The van der Waals surface area contributed by atoms with E-state index in [1.807, 2.05) is 31.4 Å². The zero-order valence-corrected chi connectivity index (χ0v) is 14.6. The minimum absolute atomic E-state index is 0.230. The number of thiophene rings is 1. The number of aromatic carboxylic acids is 1. The van der Waals surface area contributed by atoms with Crippen LogP contribution in [0.3, 0.4) is 0 Å². The zero-order chi connectivity index (χ0) is 18.3. The number of rotatable bonds is 4. The molecule has 1 N–H and O–H groups in total. The van der Waals surface area contributed by atoms with Crippen LogP contribution >= 0.6 is 11.3 Å². The predicted molar refractivity (Wildman–Crippen MR) is 98.6 cm³/mol. The largest absolute Gasteiger partial charge is 0.477 e. The standard InChI is InChI=1S/C18H14N4O3S/c1-21-8-12(7-20-21)11-2-3-13(19-6-11)9-22-10-14(18(24)25)16(23)17-15(22)4-5-26-17/h2-8,10H,9H2,1H3,(H,24,25). The molecule has 0 atom stereocenters. The summed E-state index contributed by atoms with van der Waals surface area (Å²) < 4.78 is 3.92. The van der Waals surface area contributed by atoms with Gasteiger partial charge < -0.3 is 9.67 Å². The van der Waals surface area contributed by atoms with Crippen molar-refractivity contribution in [3.8, 4) is 11.1 Å². The number of carboxylic acids is 1. The van der Waals surface area contributed by atoms with Crippen LogP contribution in [0.15, 0.2) is 53.2 Å². The molecule has 0 saturated heterocycles. The average molecular weight is 366 g/mol. The molecule has 4 aromatic heterocycles. The summed E-state index contributed by atoms with van der Waals surface area (Å²) in [5.74, 6) is -1.22. The second kappa shape index (κ2) is 6.23. The van der Waals surface area contributed by atoms with Crippen molar-refractivity contribution in [2.75, 3.05) is 0 Å². The highest BCUT2D eigenvalue weighted by Gasteiger charge is 2.15. The Balaban J connectivity index is 1.71. The van der Waals surface area contributed by atoms with Crippen molar-refractivity contribution in [1.82, 2.24) is 19.3 Å². The van der Waals surface area contributed by atoms with Gasteiger partial charge in [-0.15, -0.1) is 11.3 Å². The summed E-state index contributed by atoms with van der Waals surface area (Å²) in [6, 6.07) is 5.65. The number of carbonyl (C=O) groups is 1. The molecule has 0 amide bonds. The molecule has 0 unspecified atom stereocenters. The highest BCUT2D eigenvalue weighted by molar-refractivity contribution is 7.17. The van der Waals surface area contributed by atoms with E-state index in [1.165, 1.54) is 17.5 Å². The van der Waals surface area contributed by atoms with Crippen LogP contribution in [0.2, 0.25) is 0 Å². The van der Waals surface area contributed by atoms with Crippen molar-refractivity contribution in [3.63, 3.8) is 0 Å². The number of hydrogen-bond acceptors (Lipinski definition) is 5. The van der Waals surface area contributed by atoms with E-state index in [0.717, 1.165) is 16.8 Å². The van der Waals surface area contributed by atoms with Crippen LogP contribution in [-0.2, 0) is 13.6 Å². The first-order valence-corrected chi connectivity index (χ1v) is 8.69. The Bertz CT molecular complexity index is 1170. The number of nitrogens with zero attached hydrogens (tertiary/aromatic N) is 4. The number of carboxylic acid groups (broad SMARTS) is 1. The topological polar surface area (TPSA) is 90.0 Å². The van der Waals surface area contributed by atoms with Gasteiger partial charge in [-0.1, -0.05) is 6.07 Å². The number of aryl methyl sites for hydroxylation is 1. The first-order chi connectivity index (χ1) is 12.5. The Morgan fingerprint density at radius 1 is 1.19 bits per heavy atom. The van der Waals surface area contributed by atoms with E-state index in [-0.39, 0.29) is 5.56 Å². The van der Waals surface area contributed by atoms with Gasteiger partial charge in [-0.05, 0) is 17.5 Å². The minimum Gasteiger partial charge on any atom is -0.477 e. The van der Waals surface area contributed by atoms with Crippen LogP contribution in [0.25, 0.3) is 21.3 Å². The summed E-state index contributed by atoms with van der Waals surface area (Å²) in [6.07, 6.45) is 6.83. The van der Waals surface area contributed by atoms with Crippen molar-refractivity contribution >= 4 is 27.5 Å². The van der Waals surface area contributed by atoms with Crippen molar-refractivity contribution in [1.29, 1.82) is 0 Å². The van der Waals surface area contributed by atoms with Gasteiger partial charge in [0.1, 0.15) is 5.56 Å². The lowest BCUT2D eigenvalue weighted by Crippen LogP contribution is -2.18. The van der Waals surface area contributed by atoms with Crippen LogP contribution < -0.4 is 5.43 Å². The highest BCUT2D eigenvalue weighted by Crippen LogP contribution is 2.21. The lowest BCUT2D eigenvalue weighted by molar-refractivity contribution is 0.0695. The van der Waals surface area contributed by atoms with E-state index >= 15 is 0 Å². The third-order valence-electron chi connectivity index (χ3n) is 4.12. The summed E-state index contributed by atoms with van der Waals surface area (Å²) in [4.78, 5) is 28.1. The first-order valence-electron chi connectivity index (χ1n) is 7.81. The van der Waals surface area contributed by atoms with E-state index in [0.29, 0.717) is 16.8 Å². The third kappa shape index (κ3) is 2.80. The molecule has 8 heteroatoms. The van der Waals surface area contributed by atoms with Crippen LogP contribution in [0.4, 0.5) is 0 Å². The molecule has 0 bridgehead atoms. The van der Waals surface area contributed by atoms with E-state index in [2.05, 4.69) is 10.1 Å². The molecule has 26 heavy (non-hydrogen) atoms. The summed E-state index contributed by atoms with van der Waals surface area (Å²) in [7, 11) is 1.85. The summed E-state index contributed by atoms with van der Waals surface area (Å²) in [5.41, 5.74) is 2.73. The molecule has 4 aromatic rings. The van der Waals surface area contributed by atoms with Gasteiger partial charge >= 0.3 is 5.97 Å². The van der Waals surface area contributed by atoms with Gasteiger partial charge in [0.25, 0.3) is 0 Å². The molecular weight excluding hydrogens is 352 g/mol. The van der Waals surface area contributed by atoms with Gasteiger partial charge in [0.05, 0.1) is 28.7 Å². The molecule has 0 radical (unpaired) electrons. The van der Waals surface area contributed by atoms with Crippen molar-refractivity contribution in [2.45, 2.75) is 6.54 Å². The Morgan fingerprint density at radius 2 is 2.04 bits per heavy atom. The lowest BCUT2D eigenvalue weighted by atomic mass is 10.1. The normalized spacial score (nSPS) is 11.1. The Kier molecular flexibility index (Phi) is 3.89. The van der Waals surface area contributed by atoms with Crippen LogP contribution in [-0.4, -0.2) is 30.4 Å². The van der Waals surface area contributed by atoms with Crippen LogP contribution in [0, 0.1) is 0 Å². The van der Waals surface area contributed by atoms with Crippen molar-refractivity contribution in [2.24, 2.45) is 7.05 Å². The van der Waals surface area contributed by atoms with Crippen LogP contribution in [0.5, 0.6) is 0 Å². The summed E-state index contributed by atoms with van der Waals surface area (Å²) in [6.45, 7) is 0.376. The molecule has 0 fully saturated rings. The fraction of sp³-hybridized carbons (Fsp3) is 0.111. The number of fused-ring (bicyclic) bond motifs is 1. The molecule has 0 aromatic carbocycles. The highest BCUT2D eigenvalue weighted by atomic mass is 32.1. The van der Waals surface area contributed by atoms with Gasteiger partial charge in [0, 0.05) is 36.8 Å². The number of pyridine rings is 2. The maximum Gasteiger partial charge on any atom is 0.341 e. The molecule has 4 rings (SSSR count). The third-order valence-corrected chi connectivity index (χ3v) is 5.02. The fourth-order valence-electron chi connectivity index (χ4n) is 2.82. The molecule has 0 aliphatic heterocycles. The van der Waals surface area contributed by atoms with Gasteiger partial charge in [-0.2, -0.15) is 5.10 Å². The first kappa shape index (κ1) is 16.2. The smallest absolute Gasteiger partial charge is 0.341 e. The molecule has 7 nitrogen and oxygen atoms in total. The molecule has 130 valence electrons. The zero-order valence-electron chi connectivity index (χ0n) is 13.8. The quantitative estimate of drug-likeness (QED) is 0.600. The SMILES string of the molecule is Cn1cc(-c2ccc(Cn3cc(C(=O)O)c(=O)c4sccc43)nc2)cn1. The molecule has 0 aliphatic rings. The van der Waals surface area contributed by atoms with E-state index in [9.17, 15) is 14.7 Å². The second-order valence-electron chi connectivity index (χ2n) is 5.88. The van der Waals surface area contributed by atoms with Gasteiger partial charge in [0.15, 0.2) is 0 Å². The second-order valence-corrected chi connectivity index (χ2v) is 6.80. The summed E-state index contributed by atoms with van der Waals surface area (Å²) in [5, 5.41) is 15.2. The fourth-order valence-corrected chi connectivity index (χ4v) is 3.68. The van der Waals surface area contributed by atoms with E-state index in [1.54, 1.807) is 27.0 Å². The number of hydrogen-bond donors (Lipinski definition) is 1. The van der Waals surface area contributed by atoms with Gasteiger partial charge in [0.2, 0.25) is 5.43 Å². The monoisotopic (exact) mass is 366 g/mol. The van der Waals surface area contributed by atoms with Crippen LogP contribution in [0.1, 0.15) is 16.1 Å². The molecule has 0 saturated carbocycles. The maximum atomic E-state index is 12.2. The lowest BCUT2D eigenvalue weighted by Gasteiger charge is -2.10. The molecule has 0 aliphatic carbocycles. The molecule has 0 spiro atoms.